The van der Waals surface area contributed by atoms with Gasteiger partial charge < -0.3 is 0 Å². The maximum absolute atomic E-state index is 12.9. The van der Waals surface area contributed by atoms with Crippen molar-refractivity contribution in [1.29, 1.82) is 0 Å². The van der Waals surface area contributed by atoms with Gasteiger partial charge >= 0.3 is 0 Å². The quantitative estimate of drug-likeness (QED) is 0.732. The zero-order valence-electron chi connectivity index (χ0n) is 16.2. The van der Waals surface area contributed by atoms with Gasteiger partial charge in [-0.3, -0.25) is 30.2 Å². The third-order valence-corrected chi connectivity index (χ3v) is 5.27. The average molecular weight is 419 g/mol. The van der Waals surface area contributed by atoms with E-state index in [1.807, 2.05) is 25.1 Å². The molecular formula is C21H24ClFN4O2. The number of nitrogens with zero attached hydrogens (tertiary/aromatic N) is 2. The molecule has 1 fully saturated rings. The highest BCUT2D eigenvalue weighted by atomic mass is 35.5. The number of piperazine rings is 1. The Morgan fingerprint density at radius 1 is 1.07 bits per heavy atom. The van der Waals surface area contributed by atoms with Crippen molar-refractivity contribution in [2.24, 2.45) is 0 Å². The van der Waals surface area contributed by atoms with E-state index in [4.69, 9.17) is 11.6 Å². The topological polar surface area (TPSA) is 64.7 Å². The Morgan fingerprint density at radius 2 is 1.76 bits per heavy atom. The molecule has 1 atom stereocenters. The Bertz CT molecular complexity index is 854. The molecule has 8 heteroatoms. The average Bonchev–Trinajstić information content (AvgIpc) is 2.72. The van der Waals surface area contributed by atoms with Crippen LogP contribution in [0, 0.1) is 5.82 Å². The fourth-order valence-corrected chi connectivity index (χ4v) is 3.48. The van der Waals surface area contributed by atoms with Crippen molar-refractivity contribution in [2.75, 3.05) is 26.2 Å². The summed E-state index contributed by atoms with van der Waals surface area (Å²) in [6, 6.07) is 12.6. The summed E-state index contributed by atoms with van der Waals surface area (Å²) in [5.41, 5.74) is 6.26. The first-order valence-electron chi connectivity index (χ1n) is 9.49. The summed E-state index contributed by atoms with van der Waals surface area (Å²) >= 11 is 6.04. The molecule has 0 unspecified atom stereocenters. The van der Waals surface area contributed by atoms with Crippen LogP contribution in [0.15, 0.2) is 48.5 Å². The number of benzene rings is 2. The SMILES string of the molecule is C[C@H](C(=O)NNC(=O)c1ccc(F)cc1)N1CCN(Cc2cccc(Cl)c2)CC1. The maximum Gasteiger partial charge on any atom is 0.269 e. The van der Waals surface area contributed by atoms with Crippen LogP contribution in [0.2, 0.25) is 5.02 Å². The molecule has 1 heterocycles. The predicted octanol–water partition coefficient (Wildman–Crippen LogP) is 2.45. The number of nitrogens with one attached hydrogen (secondary N) is 2. The third kappa shape index (κ3) is 6.00. The molecule has 2 aromatic rings. The second kappa shape index (κ2) is 9.82. The van der Waals surface area contributed by atoms with Crippen LogP contribution >= 0.6 is 11.6 Å². The predicted molar refractivity (Wildman–Crippen MR) is 110 cm³/mol. The smallest absolute Gasteiger partial charge is 0.269 e. The molecule has 2 N–H and O–H groups in total. The van der Waals surface area contributed by atoms with Crippen LogP contribution in [-0.4, -0.2) is 53.8 Å². The van der Waals surface area contributed by atoms with Crippen LogP contribution in [0.25, 0.3) is 0 Å². The van der Waals surface area contributed by atoms with E-state index in [1.165, 1.54) is 29.8 Å². The van der Waals surface area contributed by atoms with E-state index < -0.39 is 11.7 Å². The number of carbonyl (C=O) groups excluding carboxylic acids is 2. The molecule has 0 spiro atoms. The summed E-state index contributed by atoms with van der Waals surface area (Å²) in [5, 5.41) is 0.731. The van der Waals surface area contributed by atoms with Gasteiger partial charge in [0.05, 0.1) is 6.04 Å². The standard InChI is InChI=1S/C21H24ClFN4O2/c1-15(20(28)24-25-21(29)17-5-7-19(23)8-6-17)27-11-9-26(10-12-27)14-16-3-2-4-18(22)13-16/h2-8,13,15H,9-12,14H2,1H3,(H,24,28)(H,25,29)/t15-/m1/s1. The molecule has 1 aliphatic heterocycles. The number of carbonyl (C=O) groups is 2. The van der Waals surface area contributed by atoms with Crippen molar-refractivity contribution in [3.8, 4) is 0 Å². The molecule has 6 nitrogen and oxygen atoms in total. The maximum atomic E-state index is 12.9. The summed E-state index contributed by atoms with van der Waals surface area (Å²) in [5.74, 6) is -1.20. The Hall–Kier alpha value is -2.48. The van der Waals surface area contributed by atoms with Gasteiger partial charge in [0.15, 0.2) is 0 Å². The van der Waals surface area contributed by atoms with Crippen LogP contribution in [0.4, 0.5) is 4.39 Å². The minimum Gasteiger partial charge on any atom is -0.297 e. The molecule has 0 saturated carbocycles. The molecule has 2 aromatic carbocycles. The lowest BCUT2D eigenvalue weighted by Crippen LogP contribution is -2.56. The fraction of sp³-hybridized carbons (Fsp3) is 0.333. The minimum absolute atomic E-state index is 0.272. The summed E-state index contributed by atoms with van der Waals surface area (Å²) in [6.07, 6.45) is 0. The number of rotatable bonds is 5. The van der Waals surface area contributed by atoms with Gasteiger partial charge in [-0.15, -0.1) is 0 Å². The number of hydrazine groups is 1. The summed E-state index contributed by atoms with van der Waals surface area (Å²) in [4.78, 5) is 28.8. The van der Waals surface area contributed by atoms with Crippen molar-refractivity contribution in [3.05, 3.63) is 70.5 Å². The summed E-state index contributed by atoms with van der Waals surface area (Å²) in [7, 11) is 0. The van der Waals surface area contributed by atoms with Gasteiger partial charge in [-0.05, 0) is 48.9 Å². The van der Waals surface area contributed by atoms with Gasteiger partial charge in [0.25, 0.3) is 11.8 Å². The van der Waals surface area contributed by atoms with E-state index in [9.17, 15) is 14.0 Å². The molecular weight excluding hydrogens is 395 g/mol. The van der Waals surface area contributed by atoms with Gasteiger partial charge in [0, 0.05) is 43.3 Å². The second-order valence-electron chi connectivity index (χ2n) is 7.07. The fourth-order valence-electron chi connectivity index (χ4n) is 3.26. The Kier molecular flexibility index (Phi) is 7.19. The van der Waals surface area contributed by atoms with Crippen molar-refractivity contribution in [3.63, 3.8) is 0 Å². The van der Waals surface area contributed by atoms with Gasteiger partial charge in [0.1, 0.15) is 5.82 Å². The van der Waals surface area contributed by atoms with Crippen LogP contribution in [0.3, 0.4) is 0 Å². The Balaban J connectivity index is 1.43. The molecule has 154 valence electrons. The highest BCUT2D eigenvalue weighted by molar-refractivity contribution is 6.30. The number of amides is 2. The van der Waals surface area contributed by atoms with E-state index in [1.54, 1.807) is 0 Å². The van der Waals surface area contributed by atoms with Gasteiger partial charge in [-0.25, -0.2) is 4.39 Å². The zero-order valence-corrected chi connectivity index (χ0v) is 17.0. The molecule has 0 aliphatic carbocycles. The highest BCUT2D eigenvalue weighted by Gasteiger charge is 2.26. The lowest BCUT2D eigenvalue weighted by atomic mass is 10.1. The largest absolute Gasteiger partial charge is 0.297 e. The lowest BCUT2D eigenvalue weighted by molar-refractivity contribution is -0.127. The van der Waals surface area contributed by atoms with Crippen molar-refractivity contribution < 1.29 is 14.0 Å². The summed E-state index contributed by atoms with van der Waals surface area (Å²) in [6.45, 7) is 5.81. The van der Waals surface area contributed by atoms with E-state index in [-0.39, 0.29) is 17.5 Å². The molecule has 0 bridgehead atoms. The lowest BCUT2D eigenvalue weighted by Gasteiger charge is -2.37. The monoisotopic (exact) mass is 418 g/mol. The van der Waals surface area contributed by atoms with Crippen LogP contribution < -0.4 is 10.9 Å². The molecule has 1 aliphatic rings. The van der Waals surface area contributed by atoms with Crippen LogP contribution in [-0.2, 0) is 11.3 Å². The molecule has 29 heavy (non-hydrogen) atoms. The third-order valence-electron chi connectivity index (χ3n) is 5.03. The molecule has 1 saturated heterocycles. The van der Waals surface area contributed by atoms with Crippen molar-refractivity contribution in [2.45, 2.75) is 19.5 Å². The number of hydrogen-bond donors (Lipinski definition) is 2. The molecule has 0 radical (unpaired) electrons. The van der Waals surface area contributed by atoms with E-state index in [0.717, 1.165) is 37.7 Å². The van der Waals surface area contributed by atoms with Gasteiger partial charge in [0.2, 0.25) is 0 Å². The van der Waals surface area contributed by atoms with Crippen LogP contribution in [0.1, 0.15) is 22.8 Å². The molecule has 0 aromatic heterocycles. The van der Waals surface area contributed by atoms with Crippen molar-refractivity contribution >= 4 is 23.4 Å². The van der Waals surface area contributed by atoms with Gasteiger partial charge in [-0.2, -0.15) is 0 Å². The molecule has 2 amide bonds. The summed E-state index contributed by atoms with van der Waals surface area (Å²) < 4.78 is 12.9. The van der Waals surface area contributed by atoms with E-state index in [0.29, 0.717) is 0 Å². The van der Waals surface area contributed by atoms with E-state index in [2.05, 4.69) is 26.7 Å². The van der Waals surface area contributed by atoms with Crippen molar-refractivity contribution in [1.82, 2.24) is 20.7 Å². The first-order chi connectivity index (χ1) is 13.9. The van der Waals surface area contributed by atoms with Gasteiger partial charge in [-0.1, -0.05) is 23.7 Å². The zero-order chi connectivity index (χ0) is 20.8. The molecule has 3 rings (SSSR count). The number of halogens is 2. The second-order valence-corrected chi connectivity index (χ2v) is 7.50. The Morgan fingerprint density at radius 3 is 2.41 bits per heavy atom. The Labute approximate surface area is 174 Å². The van der Waals surface area contributed by atoms with Crippen LogP contribution in [0.5, 0.6) is 0 Å². The first kappa shape index (κ1) is 21.2. The van der Waals surface area contributed by atoms with E-state index >= 15 is 0 Å². The normalized spacial score (nSPS) is 16.2. The number of hydrogen-bond acceptors (Lipinski definition) is 4. The highest BCUT2D eigenvalue weighted by Crippen LogP contribution is 2.14. The first-order valence-corrected chi connectivity index (χ1v) is 9.87. The minimum atomic E-state index is -0.489.